The Labute approximate surface area is 139 Å². The average Bonchev–Trinajstić information content (AvgIpc) is 3.12. The highest BCUT2D eigenvalue weighted by atomic mass is 16.3. The summed E-state index contributed by atoms with van der Waals surface area (Å²) in [6.45, 7) is 1.22. The first-order valence-corrected chi connectivity index (χ1v) is 8.39. The Hall–Kier alpha value is -2.57. The maximum Gasteiger partial charge on any atom is 0.289 e. The molecule has 2 aromatic rings. The Balaban J connectivity index is 1.29. The van der Waals surface area contributed by atoms with Crippen molar-refractivity contribution in [3.05, 3.63) is 41.6 Å². The van der Waals surface area contributed by atoms with Crippen molar-refractivity contribution < 1.29 is 14.0 Å². The van der Waals surface area contributed by atoms with E-state index in [-0.39, 0.29) is 17.9 Å². The number of likely N-dealkylation sites (tertiary alicyclic amines) is 1. The fourth-order valence-electron chi connectivity index (χ4n) is 3.10. The fraction of sp³-hybridized carbons (Fsp3) is 0.471. The average molecular weight is 328 g/mol. The van der Waals surface area contributed by atoms with Gasteiger partial charge < -0.3 is 14.6 Å². The lowest BCUT2D eigenvalue weighted by Crippen LogP contribution is -2.46. The number of hydrogen-bond acceptors (Lipinski definition) is 4. The number of aromatic nitrogens is 2. The van der Waals surface area contributed by atoms with E-state index >= 15 is 0 Å². The molecule has 0 spiro atoms. The molecule has 3 heterocycles. The van der Waals surface area contributed by atoms with Crippen LogP contribution in [0.5, 0.6) is 0 Å². The number of carbonyl (C=O) groups is 2. The zero-order chi connectivity index (χ0) is 16.5. The van der Waals surface area contributed by atoms with Crippen molar-refractivity contribution >= 4 is 11.8 Å². The number of hydrogen-bond donors (Lipinski definition) is 2. The highest BCUT2D eigenvalue weighted by molar-refractivity contribution is 5.93. The molecule has 0 bridgehead atoms. The van der Waals surface area contributed by atoms with Gasteiger partial charge in [0.15, 0.2) is 5.76 Å². The van der Waals surface area contributed by atoms with Crippen LogP contribution < -0.4 is 5.32 Å². The van der Waals surface area contributed by atoms with E-state index in [0.717, 1.165) is 18.5 Å². The van der Waals surface area contributed by atoms with E-state index in [2.05, 4.69) is 15.5 Å². The van der Waals surface area contributed by atoms with E-state index in [0.29, 0.717) is 30.5 Å². The van der Waals surface area contributed by atoms with E-state index < -0.39 is 0 Å². The number of carbonyl (C=O) groups excluding carboxylic acids is 2. The predicted octanol–water partition coefficient (Wildman–Crippen LogP) is 1.91. The van der Waals surface area contributed by atoms with Gasteiger partial charge in [0.25, 0.3) is 11.8 Å². The minimum absolute atomic E-state index is 0.0687. The summed E-state index contributed by atoms with van der Waals surface area (Å²) in [5.41, 5.74) is 1.50. The second-order valence-electron chi connectivity index (χ2n) is 6.50. The van der Waals surface area contributed by atoms with Crippen molar-refractivity contribution in [2.45, 2.75) is 37.6 Å². The minimum atomic E-state index is -0.144. The molecule has 1 aliphatic heterocycles. The predicted molar refractivity (Wildman–Crippen MR) is 85.7 cm³/mol. The Kier molecular flexibility index (Phi) is 3.84. The van der Waals surface area contributed by atoms with E-state index in [4.69, 9.17) is 4.42 Å². The van der Waals surface area contributed by atoms with Crippen molar-refractivity contribution in [1.29, 1.82) is 0 Å². The highest BCUT2D eigenvalue weighted by Gasteiger charge is 2.28. The third kappa shape index (κ3) is 3.06. The number of furan rings is 1. The molecule has 0 unspecified atom stereocenters. The lowest BCUT2D eigenvalue weighted by atomic mass is 10.0. The lowest BCUT2D eigenvalue weighted by Gasteiger charge is -2.31. The molecule has 0 radical (unpaired) electrons. The van der Waals surface area contributed by atoms with Crippen LogP contribution in [0.4, 0.5) is 0 Å². The molecule has 126 valence electrons. The maximum atomic E-state index is 12.3. The van der Waals surface area contributed by atoms with Crippen LogP contribution in [-0.4, -0.2) is 46.0 Å². The van der Waals surface area contributed by atoms with Crippen molar-refractivity contribution in [3.8, 4) is 0 Å². The topological polar surface area (TPSA) is 91.2 Å². The number of piperidine rings is 1. The molecule has 0 atom stereocenters. The van der Waals surface area contributed by atoms with Crippen molar-refractivity contribution in [1.82, 2.24) is 20.4 Å². The molecule has 7 nitrogen and oxygen atoms in total. The lowest BCUT2D eigenvalue weighted by molar-refractivity contribution is 0.0667. The molecule has 2 fully saturated rings. The van der Waals surface area contributed by atoms with Gasteiger partial charge in [-0.25, -0.2) is 0 Å². The van der Waals surface area contributed by atoms with Gasteiger partial charge in [0.2, 0.25) is 0 Å². The molecule has 2 N–H and O–H groups in total. The van der Waals surface area contributed by atoms with Crippen LogP contribution in [0.25, 0.3) is 0 Å². The largest absolute Gasteiger partial charge is 0.459 e. The summed E-state index contributed by atoms with van der Waals surface area (Å²) < 4.78 is 5.15. The fourth-order valence-corrected chi connectivity index (χ4v) is 3.10. The Morgan fingerprint density at radius 1 is 1.25 bits per heavy atom. The van der Waals surface area contributed by atoms with Gasteiger partial charge in [-0.15, -0.1) is 0 Å². The minimum Gasteiger partial charge on any atom is -0.459 e. The van der Waals surface area contributed by atoms with Gasteiger partial charge in [-0.1, -0.05) is 0 Å². The second-order valence-corrected chi connectivity index (χ2v) is 6.50. The van der Waals surface area contributed by atoms with Crippen LogP contribution in [-0.2, 0) is 0 Å². The third-order valence-electron chi connectivity index (χ3n) is 4.70. The third-order valence-corrected chi connectivity index (χ3v) is 4.70. The van der Waals surface area contributed by atoms with Crippen LogP contribution in [0.2, 0.25) is 0 Å². The first kappa shape index (κ1) is 15.0. The van der Waals surface area contributed by atoms with E-state index in [1.807, 2.05) is 6.07 Å². The molecule has 7 heteroatoms. The second kappa shape index (κ2) is 6.14. The normalized spacial score (nSPS) is 18.6. The molecule has 2 aliphatic rings. The van der Waals surface area contributed by atoms with Gasteiger partial charge in [0.05, 0.1) is 6.26 Å². The molecule has 1 saturated heterocycles. The summed E-state index contributed by atoms with van der Waals surface area (Å²) in [5, 5.41) is 10.1. The van der Waals surface area contributed by atoms with Gasteiger partial charge >= 0.3 is 0 Å². The summed E-state index contributed by atoms with van der Waals surface area (Å²) in [6, 6.07) is 5.30. The van der Waals surface area contributed by atoms with E-state index in [1.54, 1.807) is 17.0 Å². The molecule has 24 heavy (non-hydrogen) atoms. The number of amides is 2. The zero-order valence-electron chi connectivity index (χ0n) is 13.3. The molecule has 1 aliphatic carbocycles. The van der Waals surface area contributed by atoms with Crippen LogP contribution >= 0.6 is 0 Å². The summed E-state index contributed by atoms with van der Waals surface area (Å²) >= 11 is 0. The van der Waals surface area contributed by atoms with Crippen molar-refractivity contribution in [2.75, 3.05) is 13.1 Å². The van der Waals surface area contributed by atoms with Gasteiger partial charge in [-0.3, -0.25) is 14.7 Å². The quantitative estimate of drug-likeness (QED) is 0.897. The molecular formula is C17H20N4O3. The first-order chi connectivity index (χ1) is 11.7. The monoisotopic (exact) mass is 328 g/mol. The van der Waals surface area contributed by atoms with Crippen LogP contribution in [0.1, 0.15) is 58.3 Å². The first-order valence-electron chi connectivity index (χ1n) is 8.39. The molecule has 2 amide bonds. The van der Waals surface area contributed by atoms with Gasteiger partial charge in [-0.2, -0.15) is 5.10 Å². The number of aromatic amines is 1. The number of rotatable bonds is 4. The van der Waals surface area contributed by atoms with Gasteiger partial charge in [0.1, 0.15) is 5.69 Å². The van der Waals surface area contributed by atoms with Gasteiger partial charge in [-0.05, 0) is 43.9 Å². The Morgan fingerprint density at radius 3 is 2.71 bits per heavy atom. The van der Waals surface area contributed by atoms with Crippen LogP contribution in [0, 0.1) is 0 Å². The summed E-state index contributed by atoms with van der Waals surface area (Å²) in [6.07, 6.45) is 5.31. The number of nitrogens with one attached hydrogen (secondary N) is 2. The molecule has 2 aromatic heterocycles. The Bertz CT molecular complexity index is 725. The smallest absolute Gasteiger partial charge is 0.289 e. The summed E-state index contributed by atoms with van der Waals surface area (Å²) in [5.74, 6) is 0.677. The van der Waals surface area contributed by atoms with Crippen LogP contribution in [0.3, 0.4) is 0 Å². The molecule has 0 aromatic carbocycles. The van der Waals surface area contributed by atoms with Crippen molar-refractivity contribution in [2.24, 2.45) is 0 Å². The zero-order valence-corrected chi connectivity index (χ0v) is 13.3. The van der Waals surface area contributed by atoms with Gasteiger partial charge in [0, 0.05) is 30.7 Å². The summed E-state index contributed by atoms with van der Waals surface area (Å²) in [7, 11) is 0. The number of H-pyrrole nitrogens is 1. The van der Waals surface area contributed by atoms with Crippen molar-refractivity contribution in [3.63, 3.8) is 0 Å². The molecule has 4 rings (SSSR count). The SMILES string of the molecule is O=C(NC1CCN(C(=O)c2ccco2)CC1)c1cc(C2CC2)[nH]n1. The molecule has 1 saturated carbocycles. The summed E-state index contributed by atoms with van der Waals surface area (Å²) in [4.78, 5) is 26.3. The van der Waals surface area contributed by atoms with E-state index in [9.17, 15) is 9.59 Å². The highest BCUT2D eigenvalue weighted by Crippen LogP contribution is 2.38. The van der Waals surface area contributed by atoms with Crippen LogP contribution in [0.15, 0.2) is 28.9 Å². The molecular weight excluding hydrogens is 308 g/mol. The Morgan fingerprint density at radius 2 is 2.04 bits per heavy atom. The number of nitrogens with zero attached hydrogens (tertiary/aromatic N) is 2. The standard InChI is InChI=1S/C17H20N4O3/c22-16(14-10-13(19-20-14)11-3-4-11)18-12-5-7-21(8-6-12)17(23)15-2-1-9-24-15/h1-2,9-12H,3-8H2,(H,18,22)(H,19,20). The maximum absolute atomic E-state index is 12.3. The van der Waals surface area contributed by atoms with E-state index in [1.165, 1.54) is 19.1 Å².